The number of hydrogen-bond donors (Lipinski definition) is 2. The summed E-state index contributed by atoms with van der Waals surface area (Å²) in [5.41, 5.74) is 10.6. The zero-order chi connectivity index (χ0) is 21.6. The molecule has 3 aliphatic rings. The van der Waals surface area contributed by atoms with Crippen LogP contribution in [0.1, 0.15) is 37.7 Å². The molecule has 0 aromatic heterocycles. The van der Waals surface area contributed by atoms with E-state index in [1.54, 1.807) is 0 Å². The van der Waals surface area contributed by atoms with Gasteiger partial charge in [0, 0.05) is 43.8 Å². The van der Waals surface area contributed by atoms with Crippen molar-refractivity contribution in [3.8, 4) is 0 Å². The van der Waals surface area contributed by atoms with Crippen LogP contribution in [0.2, 0.25) is 5.02 Å². The van der Waals surface area contributed by atoms with E-state index < -0.39 is 6.04 Å². The maximum absolute atomic E-state index is 12.9. The zero-order valence-corrected chi connectivity index (χ0v) is 19.0. The van der Waals surface area contributed by atoms with E-state index in [9.17, 15) is 4.79 Å². The fourth-order valence-corrected chi connectivity index (χ4v) is 5.33. The lowest BCUT2D eigenvalue weighted by molar-refractivity contribution is -0.134. The molecule has 1 saturated heterocycles. The maximum Gasteiger partial charge on any atom is 0.239 e. The summed E-state index contributed by atoms with van der Waals surface area (Å²) in [6, 6.07) is 7.66. The van der Waals surface area contributed by atoms with Crippen molar-refractivity contribution in [2.45, 2.75) is 50.6 Å². The first-order valence-corrected chi connectivity index (χ1v) is 12.0. The van der Waals surface area contributed by atoms with Crippen LogP contribution in [0.4, 0.5) is 0 Å². The number of amides is 1. The summed E-state index contributed by atoms with van der Waals surface area (Å²) in [5, 5.41) is 2.85. The van der Waals surface area contributed by atoms with Crippen molar-refractivity contribution >= 4 is 23.8 Å². The number of halogens is 1. The van der Waals surface area contributed by atoms with E-state index in [1.807, 2.05) is 35.5 Å². The Morgan fingerprint density at radius 2 is 1.87 bits per heavy atom. The summed E-state index contributed by atoms with van der Waals surface area (Å²) in [7, 11) is 0. The number of aliphatic imine (C=N–C) groups is 1. The molecule has 1 aromatic carbocycles. The van der Waals surface area contributed by atoms with Gasteiger partial charge in [-0.1, -0.05) is 43.0 Å². The highest BCUT2D eigenvalue weighted by Crippen LogP contribution is 2.29. The van der Waals surface area contributed by atoms with Gasteiger partial charge in [-0.25, -0.2) is 5.43 Å². The van der Waals surface area contributed by atoms with Gasteiger partial charge < -0.3 is 10.6 Å². The maximum atomic E-state index is 12.9. The number of hydrogen-bond acceptors (Lipinski definition) is 6. The quantitative estimate of drug-likeness (QED) is 0.654. The second-order valence-electron chi connectivity index (χ2n) is 9.03. The Morgan fingerprint density at radius 3 is 2.58 bits per heavy atom. The molecule has 1 amide bonds. The summed E-state index contributed by atoms with van der Waals surface area (Å²) in [6.45, 7) is 5.09. The number of nitrogens with two attached hydrogens (primary N) is 1. The van der Waals surface area contributed by atoms with Crippen LogP contribution in [0, 0.1) is 5.92 Å². The van der Waals surface area contributed by atoms with Crippen molar-refractivity contribution in [3.05, 3.63) is 34.9 Å². The summed E-state index contributed by atoms with van der Waals surface area (Å²) in [5.74, 6) is 0.693. The summed E-state index contributed by atoms with van der Waals surface area (Å²) in [4.78, 5) is 21.8. The zero-order valence-electron chi connectivity index (χ0n) is 18.3. The third-order valence-electron chi connectivity index (χ3n) is 6.92. The van der Waals surface area contributed by atoms with E-state index >= 15 is 0 Å². The second kappa shape index (κ2) is 10.8. The molecule has 2 heterocycles. The summed E-state index contributed by atoms with van der Waals surface area (Å²) >= 11 is 5.95. The number of nitrogens with zero attached hydrogens (tertiary/aromatic N) is 4. The SMILES string of the molecule is N[C@H](Cc1ccc(Cl)cc1)C(=O)N1CCN(C2CCCCCC2CN2C=NCN2)CC1. The van der Waals surface area contributed by atoms with E-state index in [0.29, 0.717) is 30.1 Å². The van der Waals surface area contributed by atoms with Crippen LogP contribution in [-0.2, 0) is 11.2 Å². The smallest absolute Gasteiger partial charge is 0.239 e. The molecule has 0 bridgehead atoms. The van der Waals surface area contributed by atoms with Gasteiger partial charge in [0.05, 0.1) is 6.04 Å². The van der Waals surface area contributed by atoms with Gasteiger partial charge in [0.1, 0.15) is 13.0 Å². The Bertz CT molecular complexity index is 749. The Labute approximate surface area is 190 Å². The second-order valence-corrected chi connectivity index (χ2v) is 9.47. The van der Waals surface area contributed by atoms with Crippen molar-refractivity contribution in [2.75, 3.05) is 39.4 Å². The van der Waals surface area contributed by atoms with E-state index in [1.165, 1.54) is 32.1 Å². The van der Waals surface area contributed by atoms with Crippen LogP contribution in [0.5, 0.6) is 0 Å². The molecule has 2 unspecified atom stereocenters. The molecule has 1 aromatic rings. The molecule has 2 fully saturated rings. The number of benzene rings is 1. The number of carbonyl (C=O) groups is 1. The minimum Gasteiger partial charge on any atom is -0.339 e. The van der Waals surface area contributed by atoms with Gasteiger partial charge >= 0.3 is 0 Å². The van der Waals surface area contributed by atoms with Crippen molar-refractivity contribution < 1.29 is 4.79 Å². The van der Waals surface area contributed by atoms with Gasteiger partial charge in [0.2, 0.25) is 5.91 Å². The standard InChI is InChI=1S/C23H35ClN6O/c24-20-8-6-18(7-9-20)14-21(25)23(31)29-12-10-28(11-13-29)22-5-3-1-2-4-19(22)15-30-17-26-16-27-30/h6-9,17,19,21-22,27H,1-5,10-16,25H2/t19?,21-,22?/m1/s1. The van der Waals surface area contributed by atoms with E-state index in [-0.39, 0.29) is 5.91 Å². The Hall–Kier alpha value is -1.67. The average molecular weight is 447 g/mol. The Balaban J connectivity index is 1.30. The molecule has 3 N–H and O–H groups in total. The van der Waals surface area contributed by atoms with Crippen molar-refractivity contribution in [1.82, 2.24) is 20.2 Å². The lowest BCUT2D eigenvalue weighted by atomic mass is 9.92. The summed E-state index contributed by atoms with van der Waals surface area (Å²) in [6.07, 6.45) is 8.93. The van der Waals surface area contributed by atoms with Gasteiger partial charge in [-0.05, 0) is 42.9 Å². The molecular formula is C23H35ClN6O. The monoisotopic (exact) mass is 446 g/mol. The normalized spacial score (nSPS) is 26.1. The van der Waals surface area contributed by atoms with E-state index in [4.69, 9.17) is 17.3 Å². The van der Waals surface area contributed by atoms with Crippen molar-refractivity contribution in [2.24, 2.45) is 16.6 Å². The predicted octanol–water partition coefficient (Wildman–Crippen LogP) is 2.11. The van der Waals surface area contributed by atoms with E-state index in [0.717, 1.165) is 38.3 Å². The lowest BCUT2D eigenvalue weighted by Gasteiger charge is -2.43. The van der Waals surface area contributed by atoms with Crippen LogP contribution in [0.15, 0.2) is 29.3 Å². The largest absolute Gasteiger partial charge is 0.339 e. The number of nitrogens with one attached hydrogen (secondary N) is 1. The van der Waals surface area contributed by atoms with Crippen molar-refractivity contribution in [1.29, 1.82) is 0 Å². The lowest BCUT2D eigenvalue weighted by Crippen LogP contribution is -2.57. The molecule has 1 aliphatic carbocycles. The number of piperazine rings is 1. The van der Waals surface area contributed by atoms with E-state index in [2.05, 4.69) is 20.3 Å². The first-order valence-electron chi connectivity index (χ1n) is 11.6. The average Bonchev–Trinajstić information content (AvgIpc) is 3.19. The Morgan fingerprint density at radius 1 is 1.13 bits per heavy atom. The number of hydrazine groups is 1. The highest BCUT2D eigenvalue weighted by molar-refractivity contribution is 6.30. The topological polar surface area (TPSA) is 77.2 Å². The first-order chi connectivity index (χ1) is 15.1. The summed E-state index contributed by atoms with van der Waals surface area (Å²) < 4.78 is 0. The van der Waals surface area contributed by atoms with Gasteiger partial charge in [-0.2, -0.15) is 0 Å². The van der Waals surface area contributed by atoms with Crippen molar-refractivity contribution in [3.63, 3.8) is 0 Å². The highest BCUT2D eigenvalue weighted by Gasteiger charge is 2.34. The van der Waals surface area contributed by atoms with Gasteiger partial charge in [-0.15, -0.1) is 0 Å². The molecule has 1 saturated carbocycles. The number of rotatable bonds is 6. The minimum absolute atomic E-state index is 0.0597. The van der Waals surface area contributed by atoms with Crippen LogP contribution in [0.25, 0.3) is 0 Å². The van der Waals surface area contributed by atoms with Crippen LogP contribution in [-0.4, -0.2) is 78.5 Å². The van der Waals surface area contributed by atoms with Crippen LogP contribution < -0.4 is 11.2 Å². The Kier molecular flexibility index (Phi) is 7.82. The third kappa shape index (κ3) is 5.98. The predicted molar refractivity (Wildman–Crippen MR) is 125 cm³/mol. The molecule has 31 heavy (non-hydrogen) atoms. The minimum atomic E-state index is -0.501. The van der Waals surface area contributed by atoms with Crippen LogP contribution in [0.3, 0.4) is 0 Å². The van der Waals surface area contributed by atoms with Gasteiger partial charge in [0.25, 0.3) is 0 Å². The highest BCUT2D eigenvalue weighted by atomic mass is 35.5. The van der Waals surface area contributed by atoms with Crippen LogP contribution >= 0.6 is 11.6 Å². The van der Waals surface area contributed by atoms with Gasteiger partial charge in [0.15, 0.2) is 0 Å². The van der Waals surface area contributed by atoms with Gasteiger partial charge in [-0.3, -0.25) is 19.7 Å². The molecule has 3 atom stereocenters. The fraction of sp³-hybridized carbons (Fsp3) is 0.652. The molecule has 170 valence electrons. The number of carbonyl (C=O) groups excluding carboxylic acids is 1. The fourth-order valence-electron chi connectivity index (χ4n) is 5.20. The first kappa shape index (κ1) is 22.5. The molecule has 0 radical (unpaired) electrons. The molecule has 4 rings (SSSR count). The molecule has 2 aliphatic heterocycles. The molecule has 8 heteroatoms. The molecule has 7 nitrogen and oxygen atoms in total. The molecular weight excluding hydrogens is 412 g/mol. The molecule has 0 spiro atoms. The third-order valence-corrected chi connectivity index (χ3v) is 7.17.